The molecule has 2 saturated heterocycles. The second-order valence-electron chi connectivity index (χ2n) is 10.2. The maximum absolute atomic E-state index is 13.5. The topological polar surface area (TPSA) is 105 Å². The van der Waals surface area contributed by atoms with E-state index in [9.17, 15) is 18.0 Å². The average Bonchev–Trinajstić information content (AvgIpc) is 2.95. The zero-order chi connectivity index (χ0) is 28.6. The molecule has 0 saturated carbocycles. The summed E-state index contributed by atoms with van der Waals surface area (Å²) in [6.07, 6.45) is 2.14. The molecule has 0 radical (unpaired) electrons. The van der Waals surface area contributed by atoms with E-state index in [2.05, 4.69) is 30.7 Å². The second-order valence-corrected chi connectivity index (χ2v) is 14.1. The molecule has 2 aromatic carbocycles. The molecule has 9 nitrogen and oxygen atoms in total. The summed E-state index contributed by atoms with van der Waals surface area (Å²) in [5.74, 6) is -0.124. The summed E-state index contributed by atoms with van der Waals surface area (Å²) in [6, 6.07) is 6.59. The molecule has 1 N–H and O–H groups in total. The molecule has 13 heteroatoms. The SMILES string of the molecule is CCS(=O)(=O)c1ccc(Cl)cc1Cn1c(=O)[nH]c2c(Cl)c(CN3CCN(C4CCOCC4)CC3)c(Br)cc2c1=O. The van der Waals surface area contributed by atoms with E-state index in [1.54, 1.807) is 6.07 Å². The van der Waals surface area contributed by atoms with Gasteiger partial charge >= 0.3 is 5.69 Å². The first-order valence-electron chi connectivity index (χ1n) is 13.3. The number of hydrogen-bond donors (Lipinski definition) is 1. The largest absolute Gasteiger partial charge is 0.381 e. The first-order valence-corrected chi connectivity index (χ1v) is 16.5. The fourth-order valence-electron chi connectivity index (χ4n) is 5.51. The third-order valence-electron chi connectivity index (χ3n) is 7.83. The Morgan fingerprint density at radius 2 is 1.75 bits per heavy atom. The van der Waals surface area contributed by atoms with Gasteiger partial charge in [-0.3, -0.25) is 19.2 Å². The van der Waals surface area contributed by atoms with Crippen LogP contribution in [0.5, 0.6) is 0 Å². The number of rotatable bonds is 7. The molecular formula is C27H31BrCl2N4O5S. The molecule has 5 rings (SSSR count). The van der Waals surface area contributed by atoms with Crippen molar-refractivity contribution in [3.63, 3.8) is 0 Å². The van der Waals surface area contributed by atoms with E-state index in [1.165, 1.54) is 25.1 Å². The van der Waals surface area contributed by atoms with Gasteiger partial charge < -0.3 is 9.72 Å². The molecule has 3 heterocycles. The van der Waals surface area contributed by atoms with E-state index in [0.29, 0.717) is 27.1 Å². The number of nitrogens with one attached hydrogen (secondary N) is 1. The van der Waals surface area contributed by atoms with Crippen molar-refractivity contribution in [3.05, 3.63) is 70.7 Å². The minimum atomic E-state index is -3.61. The van der Waals surface area contributed by atoms with Crippen molar-refractivity contribution in [1.82, 2.24) is 19.4 Å². The van der Waals surface area contributed by atoms with Crippen LogP contribution in [0.15, 0.2) is 43.2 Å². The van der Waals surface area contributed by atoms with Crippen LogP contribution in [0.3, 0.4) is 0 Å². The van der Waals surface area contributed by atoms with Crippen molar-refractivity contribution in [2.24, 2.45) is 0 Å². The van der Waals surface area contributed by atoms with Crippen LogP contribution in [0, 0.1) is 0 Å². The predicted octanol–water partition coefficient (Wildman–Crippen LogP) is 3.90. The normalized spacial score (nSPS) is 18.0. The van der Waals surface area contributed by atoms with Crippen molar-refractivity contribution in [2.75, 3.05) is 45.1 Å². The minimum Gasteiger partial charge on any atom is -0.381 e. The summed E-state index contributed by atoms with van der Waals surface area (Å²) in [5.41, 5.74) is 0.0745. The number of aromatic nitrogens is 2. The molecule has 2 fully saturated rings. The van der Waals surface area contributed by atoms with E-state index in [1.807, 2.05) is 0 Å². The number of fused-ring (bicyclic) bond motifs is 1. The standard InChI is InChI=1S/C27H31BrCl2N4O5S/c1-2-40(37,38)23-4-3-18(29)13-17(23)15-34-26(35)20-14-22(28)21(24(30)25(20)31-27(34)36)16-32-7-9-33(10-8-32)19-5-11-39-12-6-19/h3-4,13-14,19H,2,5-12,15-16H2,1H3,(H,31,36). The molecule has 0 amide bonds. The maximum Gasteiger partial charge on any atom is 0.329 e. The third kappa shape index (κ3) is 6.06. The highest BCUT2D eigenvalue weighted by Gasteiger charge is 2.27. The highest BCUT2D eigenvalue weighted by molar-refractivity contribution is 9.10. The summed E-state index contributed by atoms with van der Waals surface area (Å²) >= 11 is 16.5. The van der Waals surface area contributed by atoms with Crippen molar-refractivity contribution >= 4 is 59.9 Å². The Balaban J connectivity index is 1.43. The van der Waals surface area contributed by atoms with Crippen molar-refractivity contribution < 1.29 is 13.2 Å². The number of H-pyrrole nitrogens is 1. The van der Waals surface area contributed by atoms with Crippen LogP contribution in [0.1, 0.15) is 30.9 Å². The van der Waals surface area contributed by atoms with Gasteiger partial charge in [-0.1, -0.05) is 46.1 Å². The third-order valence-corrected chi connectivity index (χ3v) is 11.0. The Kier molecular flexibility index (Phi) is 9.11. The molecule has 216 valence electrons. The van der Waals surface area contributed by atoms with Crippen LogP contribution < -0.4 is 11.2 Å². The summed E-state index contributed by atoms with van der Waals surface area (Å²) in [4.78, 5) is 34.3. The lowest BCUT2D eigenvalue weighted by atomic mass is 10.1. The quantitative estimate of drug-likeness (QED) is 0.406. The zero-order valence-corrected chi connectivity index (χ0v) is 26.0. The van der Waals surface area contributed by atoms with E-state index in [0.717, 1.165) is 62.4 Å². The number of halogens is 3. The van der Waals surface area contributed by atoms with Gasteiger partial charge in [0.1, 0.15) is 0 Å². The van der Waals surface area contributed by atoms with Gasteiger partial charge in [-0.25, -0.2) is 13.2 Å². The van der Waals surface area contributed by atoms with Crippen molar-refractivity contribution in [3.8, 4) is 0 Å². The number of hydrogen-bond acceptors (Lipinski definition) is 7. The second kappa shape index (κ2) is 12.2. The van der Waals surface area contributed by atoms with Gasteiger partial charge in [0.05, 0.1) is 33.1 Å². The molecule has 0 spiro atoms. The van der Waals surface area contributed by atoms with Gasteiger partial charge in [-0.05, 0) is 42.7 Å². The first kappa shape index (κ1) is 29.8. The van der Waals surface area contributed by atoms with Crippen molar-refractivity contribution in [2.45, 2.75) is 43.8 Å². The molecule has 0 unspecified atom stereocenters. The van der Waals surface area contributed by atoms with Gasteiger partial charge in [-0.2, -0.15) is 0 Å². The number of ether oxygens (including phenoxy) is 1. The Morgan fingerprint density at radius 3 is 2.42 bits per heavy atom. The molecule has 2 aliphatic heterocycles. The predicted molar refractivity (Wildman–Crippen MR) is 161 cm³/mol. The summed E-state index contributed by atoms with van der Waals surface area (Å²) in [7, 11) is -3.61. The number of nitrogens with zero attached hydrogens (tertiary/aromatic N) is 3. The summed E-state index contributed by atoms with van der Waals surface area (Å²) in [5, 5.41) is 0.848. The van der Waals surface area contributed by atoms with Crippen LogP contribution in [0.2, 0.25) is 10.0 Å². The molecule has 0 aliphatic carbocycles. The number of piperazine rings is 1. The van der Waals surface area contributed by atoms with Crippen LogP contribution in [-0.2, 0) is 27.7 Å². The summed E-state index contributed by atoms with van der Waals surface area (Å²) < 4.78 is 32.4. The van der Waals surface area contributed by atoms with Gasteiger partial charge in [0, 0.05) is 67.0 Å². The molecule has 3 aromatic rings. The lowest BCUT2D eigenvalue weighted by molar-refractivity contribution is 0.0126. The molecule has 40 heavy (non-hydrogen) atoms. The fourth-order valence-corrected chi connectivity index (χ4v) is 7.79. The Bertz CT molecular complexity index is 1650. The van der Waals surface area contributed by atoms with Crippen LogP contribution in [0.25, 0.3) is 10.9 Å². The van der Waals surface area contributed by atoms with Gasteiger partial charge in [0.15, 0.2) is 9.84 Å². The van der Waals surface area contributed by atoms with E-state index in [-0.39, 0.29) is 33.7 Å². The van der Waals surface area contributed by atoms with Gasteiger partial charge in [-0.15, -0.1) is 0 Å². The molecule has 1 aromatic heterocycles. The fraction of sp³-hybridized carbons (Fsp3) is 0.481. The van der Waals surface area contributed by atoms with Crippen LogP contribution in [-0.4, -0.2) is 79.0 Å². The zero-order valence-electron chi connectivity index (χ0n) is 22.1. The molecule has 2 aliphatic rings. The van der Waals surface area contributed by atoms with E-state index < -0.39 is 21.1 Å². The monoisotopic (exact) mass is 672 g/mol. The Morgan fingerprint density at radius 1 is 1.05 bits per heavy atom. The smallest absolute Gasteiger partial charge is 0.329 e. The molecule has 0 atom stereocenters. The van der Waals surface area contributed by atoms with E-state index >= 15 is 0 Å². The Labute approximate surface area is 251 Å². The molecular weight excluding hydrogens is 643 g/mol. The number of sulfone groups is 1. The van der Waals surface area contributed by atoms with Gasteiger partial charge in [0.2, 0.25) is 0 Å². The number of benzene rings is 2. The van der Waals surface area contributed by atoms with Crippen LogP contribution in [0.4, 0.5) is 0 Å². The highest BCUT2D eigenvalue weighted by Crippen LogP contribution is 2.32. The van der Waals surface area contributed by atoms with E-state index in [4.69, 9.17) is 27.9 Å². The van der Waals surface area contributed by atoms with Crippen LogP contribution >= 0.6 is 39.1 Å². The lowest BCUT2D eigenvalue weighted by Crippen LogP contribution is -2.51. The Hall–Kier alpha value is -1.73. The highest BCUT2D eigenvalue weighted by atomic mass is 79.9. The minimum absolute atomic E-state index is 0.0391. The maximum atomic E-state index is 13.5. The van der Waals surface area contributed by atoms with Gasteiger partial charge in [0.25, 0.3) is 5.56 Å². The summed E-state index contributed by atoms with van der Waals surface area (Å²) in [6.45, 7) is 7.20. The first-order chi connectivity index (χ1) is 19.1. The average molecular weight is 674 g/mol. The van der Waals surface area contributed by atoms with Crippen molar-refractivity contribution in [1.29, 1.82) is 0 Å². The molecule has 0 bridgehead atoms. The number of aromatic amines is 1. The lowest BCUT2D eigenvalue weighted by Gasteiger charge is -2.40.